The summed E-state index contributed by atoms with van der Waals surface area (Å²) in [6.07, 6.45) is 0.268. The molecule has 0 unspecified atom stereocenters. The molecule has 0 bridgehead atoms. The molecule has 0 aliphatic carbocycles. The molecule has 0 aromatic heterocycles. The van der Waals surface area contributed by atoms with Crippen LogP contribution in [0.2, 0.25) is 0 Å². The van der Waals surface area contributed by atoms with Gasteiger partial charge in [-0.1, -0.05) is 0 Å². The molecule has 15 heavy (non-hydrogen) atoms. The Hall–Kier alpha value is -1.26. The molecule has 0 spiro atoms. The van der Waals surface area contributed by atoms with Gasteiger partial charge in [-0.15, -0.1) is 0 Å². The molecule has 0 saturated carbocycles. The number of carbonyl (C=O) groups is 2. The predicted octanol–water partition coefficient (Wildman–Crippen LogP) is 1.04. The smallest absolute Gasteiger partial charge is 0.407 e. The van der Waals surface area contributed by atoms with Gasteiger partial charge in [-0.05, 0) is 27.2 Å². The number of nitrogens with one attached hydrogen (secondary N) is 2. The molecule has 0 aliphatic rings. The summed E-state index contributed by atoms with van der Waals surface area (Å²) in [4.78, 5) is 21.6. The first-order chi connectivity index (χ1) is 6.81. The second kappa shape index (κ2) is 6.27. The van der Waals surface area contributed by atoms with Crippen LogP contribution in [0.15, 0.2) is 0 Å². The average Bonchev–Trinajstić information content (AvgIpc) is 1.99. The monoisotopic (exact) mass is 216 g/mol. The lowest BCUT2D eigenvalue weighted by Crippen LogP contribution is -2.34. The van der Waals surface area contributed by atoms with Crippen molar-refractivity contribution in [1.29, 1.82) is 0 Å². The Bertz CT molecular complexity index is 221. The first kappa shape index (κ1) is 13.7. The van der Waals surface area contributed by atoms with Crippen molar-refractivity contribution in [3.63, 3.8) is 0 Å². The van der Waals surface area contributed by atoms with E-state index in [0.717, 1.165) is 0 Å². The fraction of sp³-hybridized carbons (Fsp3) is 0.800. The zero-order valence-electron chi connectivity index (χ0n) is 9.85. The number of rotatable bonds is 4. The van der Waals surface area contributed by atoms with Gasteiger partial charge in [0, 0.05) is 20.0 Å². The number of alkyl carbamates (subject to hydrolysis) is 1. The van der Waals surface area contributed by atoms with Crippen LogP contribution < -0.4 is 10.6 Å². The van der Waals surface area contributed by atoms with E-state index in [4.69, 9.17) is 4.74 Å². The quantitative estimate of drug-likeness (QED) is 0.690. The predicted molar refractivity (Wildman–Crippen MR) is 57.5 cm³/mol. The lowest BCUT2D eigenvalue weighted by Gasteiger charge is -2.19. The van der Waals surface area contributed by atoms with Gasteiger partial charge in [0.25, 0.3) is 0 Å². The maximum atomic E-state index is 11.1. The summed E-state index contributed by atoms with van der Waals surface area (Å²) in [5.41, 5.74) is -0.471. The molecule has 0 aliphatic heterocycles. The maximum absolute atomic E-state index is 11.1. The van der Waals surface area contributed by atoms with E-state index in [2.05, 4.69) is 10.6 Å². The van der Waals surface area contributed by atoms with Gasteiger partial charge in [0.1, 0.15) is 5.60 Å². The van der Waals surface area contributed by atoms with E-state index in [1.807, 2.05) is 20.8 Å². The van der Waals surface area contributed by atoms with Crippen LogP contribution in [0.4, 0.5) is 4.79 Å². The van der Waals surface area contributed by atoms with E-state index in [-0.39, 0.29) is 5.91 Å². The number of hydrogen-bond donors (Lipinski definition) is 2. The largest absolute Gasteiger partial charge is 0.444 e. The highest BCUT2D eigenvalue weighted by Crippen LogP contribution is 2.06. The summed E-state index contributed by atoms with van der Waals surface area (Å²) < 4.78 is 5.03. The number of ether oxygens (including phenoxy) is 1. The molecule has 0 radical (unpaired) electrons. The van der Waals surface area contributed by atoms with Gasteiger partial charge < -0.3 is 15.4 Å². The summed E-state index contributed by atoms with van der Waals surface area (Å²) in [5.74, 6) is -0.0627. The van der Waals surface area contributed by atoms with E-state index in [1.54, 1.807) is 0 Å². The summed E-state index contributed by atoms with van der Waals surface area (Å²) in [6.45, 7) is 7.94. The molecule has 0 rings (SSSR count). The van der Waals surface area contributed by atoms with Crippen LogP contribution in [0.5, 0.6) is 0 Å². The summed E-state index contributed by atoms with van der Waals surface area (Å²) in [6, 6.07) is 0. The van der Waals surface area contributed by atoms with Crippen LogP contribution in [-0.4, -0.2) is 30.7 Å². The van der Waals surface area contributed by atoms with Crippen LogP contribution in [0.1, 0.15) is 34.1 Å². The zero-order valence-corrected chi connectivity index (χ0v) is 9.85. The third kappa shape index (κ3) is 10.7. The zero-order chi connectivity index (χ0) is 11.9. The van der Waals surface area contributed by atoms with Gasteiger partial charge in [-0.2, -0.15) is 0 Å². The maximum Gasteiger partial charge on any atom is 0.407 e. The molecule has 0 fully saturated rings. The van der Waals surface area contributed by atoms with Crippen molar-refractivity contribution < 1.29 is 14.3 Å². The van der Waals surface area contributed by atoms with Crippen LogP contribution in [0.3, 0.4) is 0 Å². The van der Waals surface area contributed by atoms with E-state index >= 15 is 0 Å². The van der Waals surface area contributed by atoms with Gasteiger partial charge >= 0.3 is 6.09 Å². The second-order valence-electron chi connectivity index (χ2n) is 4.27. The van der Waals surface area contributed by atoms with Crippen molar-refractivity contribution in [1.82, 2.24) is 10.6 Å². The van der Waals surface area contributed by atoms with Crippen molar-refractivity contribution in [2.75, 3.05) is 13.1 Å². The highest BCUT2D eigenvalue weighted by Gasteiger charge is 2.15. The molecular weight excluding hydrogens is 196 g/mol. The number of hydrogen-bond acceptors (Lipinski definition) is 3. The SMILES string of the molecule is CC(=O)NCCCNC(=O)OC(C)(C)C. The summed E-state index contributed by atoms with van der Waals surface area (Å²) >= 11 is 0. The standard InChI is InChI=1S/C10H20N2O3/c1-8(13)11-6-5-7-12-9(14)15-10(2,3)4/h5-7H2,1-4H3,(H,11,13)(H,12,14). The van der Waals surface area contributed by atoms with Crippen molar-refractivity contribution >= 4 is 12.0 Å². The van der Waals surface area contributed by atoms with Crippen molar-refractivity contribution in [2.24, 2.45) is 0 Å². The fourth-order valence-corrected chi connectivity index (χ4v) is 0.857. The molecule has 88 valence electrons. The minimum Gasteiger partial charge on any atom is -0.444 e. The molecule has 0 heterocycles. The van der Waals surface area contributed by atoms with Crippen LogP contribution >= 0.6 is 0 Å². The van der Waals surface area contributed by atoms with Crippen molar-refractivity contribution in [2.45, 2.75) is 39.7 Å². The van der Waals surface area contributed by atoms with Gasteiger partial charge in [-0.3, -0.25) is 4.79 Å². The van der Waals surface area contributed by atoms with E-state index in [9.17, 15) is 9.59 Å². The molecule has 0 atom stereocenters. The van der Waals surface area contributed by atoms with Crippen LogP contribution in [-0.2, 0) is 9.53 Å². The highest BCUT2D eigenvalue weighted by atomic mass is 16.6. The van der Waals surface area contributed by atoms with Crippen LogP contribution in [0.25, 0.3) is 0 Å². The normalized spacial score (nSPS) is 10.7. The van der Waals surface area contributed by atoms with Gasteiger partial charge in [0.05, 0.1) is 0 Å². The Balaban J connectivity index is 3.44. The molecular formula is C10H20N2O3. The molecule has 0 aromatic rings. The molecule has 5 heteroatoms. The Kier molecular flexibility index (Phi) is 5.74. The van der Waals surface area contributed by atoms with E-state index < -0.39 is 11.7 Å². The summed E-state index contributed by atoms with van der Waals surface area (Å²) in [5, 5.41) is 5.24. The molecule has 0 saturated heterocycles. The van der Waals surface area contributed by atoms with Crippen LogP contribution in [0, 0.1) is 0 Å². The fourth-order valence-electron chi connectivity index (χ4n) is 0.857. The molecule has 5 nitrogen and oxygen atoms in total. The topological polar surface area (TPSA) is 67.4 Å². The molecule has 0 aromatic carbocycles. The summed E-state index contributed by atoms with van der Waals surface area (Å²) in [7, 11) is 0. The van der Waals surface area contributed by atoms with Gasteiger partial charge in [-0.25, -0.2) is 4.79 Å². The minimum absolute atomic E-state index is 0.0627. The Labute approximate surface area is 90.6 Å². The minimum atomic E-state index is -0.471. The van der Waals surface area contributed by atoms with E-state index in [0.29, 0.717) is 19.5 Å². The van der Waals surface area contributed by atoms with Gasteiger partial charge in [0.15, 0.2) is 0 Å². The molecule has 2 amide bonds. The first-order valence-corrected chi connectivity index (χ1v) is 5.02. The molecule has 2 N–H and O–H groups in total. The highest BCUT2D eigenvalue weighted by molar-refractivity contribution is 5.72. The third-order valence-corrected chi connectivity index (χ3v) is 1.40. The van der Waals surface area contributed by atoms with Crippen molar-refractivity contribution in [3.8, 4) is 0 Å². The lowest BCUT2D eigenvalue weighted by atomic mass is 10.2. The lowest BCUT2D eigenvalue weighted by molar-refractivity contribution is -0.118. The second-order valence-corrected chi connectivity index (χ2v) is 4.27. The average molecular weight is 216 g/mol. The third-order valence-electron chi connectivity index (χ3n) is 1.40. The van der Waals surface area contributed by atoms with Crippen molar-refractivity contribution in [3.05, 3.63) is 0 Å². The van der Waals surface area contributed by atoms with Gasteiger partial charge in [0.2, 0.25) is 5.91 Å². The number of carbonyl (C=O) groups excluding carboxylic acids is 2. The Morgan fingerprint density at radius 2 is 1.67 bits per heavy atom. The Morgan fingerprint density at radius 3 is 2.13 bits per heavy atom. The number of amides is 2. The Morgan fingerprint density at radius 1 is 1.13 bits per heavy atom. The van der Waals surface area contributed by atoms with E-state index in [1.165, 1.54) is 6.92 Å². The first-order valence-electron chi connectivity index (χ1n) is 5.02.